The second-order valence-electron chi connectivity index (χ2n) is 5.00. The van der Waals surface area contributed by atoms with Crippen LogP contribution in [0.5, 0.6) is 0 Å². The summed E-state index contributed by atoms with van der Waals surface area (Å²) in [4.78, 5) is 0.0935. The number of nitriles is 1. The lowest BCUT2D eigenvalue weighted by atomic mass is 10.2. The average Bonchev–Trinajstić information content (AvgIpc) is 2.95. The van der Waals surface area contributed by atoms with Crippen LogP contribution in [-0.4, -0.2) is 51.1 Å². The molecule has 2 aliphatic rings. The van der Waals surface area contributed by atoms with Crippen LogP contribution in [0.1, 0.15) is 5.56 Å². The molecule has 0 unspecified atom stereocenters. The fourth-order valence-corrected chi connectivity index (χ4v) is 4.56. The quantitative estimate of drug-likeness (QED) is 0.847. The van der Waals surface area contributed by atoms with Gasteiger partial charge in [0.1, 0.15) is 6.07 Å². The van der Waals surface area contributed by atoms with Crippen molar-refractivity contribution in [2.24, 2.45) is 0 Å². The SMILES string of the molecule is Cl.N#Cc1cc(S(=O)(=O)N2CCO[C@H]3CNC[C@H]32)ccc1Cl. The average molecular weight is 364 g/mol. The molecule has 2 fully saturated rings. The maximum atomic E-state index is 12.8. The number of sulfonamides is 1. The van der Waals surface area contributed by atoms with Gasteiger partial charge in [0.05, 0.1) is 34.2 Å². The Kier molecular flexibility index (Phi) is 5.33. The van der Waals surface area contributed by atoms with Gasteiger partial charge in [0, 0.05) is 19.6 Å². The Bertz CT molecular complexity index is 705. The number of fused-ring (bicyclic) bond motifs is 1. The van der Waals surface area contributed by atoms with Crippen molar-refractivity contribution in [3.63, 3.8) is 0 Å². The minimum absolute atomic E-state index is 0. The highest BCUT2D eigenvalue weighted by Gasteiger charge is 2.42. The Morgan fingerprint density at radius 1 is 1.41 bits per heavy atom. The third kappa shape index (κ3) is 2.95. The van der Waals surface area contributed by atoms with Crippen LogP contribution in [0.3, 0.4) is 0 Å². The Labute approximate surface area is 140 Å². The molecule has 2 heterocycles. The van der Waals surface area contributed by atoms with Crippen LogP contribution in [0.2, 0.25) is 5.02 Å². The van der Waals surface area contributed by atoms with Crippen LogP contribution < -0.4 is 5.32 Å². The van der Waals surface area contributed by atoms with E-state index in [0.29, 0.717) is 26.2 Å². The minimum Gasteiger partial charge on any atom is -0.374 e. The first-order valence-corrected chi connectivity index (χ1v) is 8.39. The van der Waals surface area contributed by atoms with Crippen LogP contribution in [0.4, 0.5) is 0 Å². The van der Waals surface area contributed by atoms with E-state index in [0.717, 1.165) is 0 Å². The number of morpholine rings is 1. The molecule has 0 aromatic heterocycles. The molecule has 3 rings (SSSR count). The lowest BCUT2D eigenvalue weighted by molar-refractivity contribution is -0.0149. The summed E-state index contributed by atoms with van der Waals surface area (Å²) in [5.74, 6) is 0. The second kappa shape index (κ2) is 6.71. The van der Waals surface area contributed by atoms with Crippen LogP contribution >= 0.6 is 24.0 Å². The van der Waals surface area contributed by atoms with Gasteiger partial charge in [-0.1, -0.05) is 11.6 Å². The number of nitrogens with zero attached hydrogens (tertiary/aromatic N) is 2. The van der Waals surface area contributed by atoms with Gasteiger partial charge >= 0.3 is 0 Å². The van der Waals surface area contributed by atoms with Crippen LogP contribution in [0.15, 0.2) is 23.1 Å². The number of nitrogens with one attached hydrogen (secondary N) is 1. The normalized spacial score (nSPS) is 25.1. The predicted octanol–water partition coefficient (Wildman–Crippen LogP) is 0.995. The lowest BCUT2D eigenvalue weighted by Crippen LogP contribution is -2.53. The molecule has 120 valence electrons. The summed E-state index contributed by atoms with van der Waals surface area (Å²) in [7, 11) is -3.66. The third-order valence-corrected chi connectivity index (χ3v) is 6.06. The lowest BCUT2D eigenvalue weighted by Gasteiger charge is -2.35. The van der Waals surface area contributed by atoms with E-state index in [4.69, 9.17) is 21.6 Å². The summed E-state index contributed by atoms with van der Waals surface area (Å²) in [6.45, 7) is 1.92. The number of ether oxygens (including phenoxy) is 1. The maximum Gasteiger partial charge on any atom is 0.243 e. The van der Waals surface area contributed by atoms with Gasteiger partial charge < -0.3 is 10.1 Å². The molecule has 2 aliphatic heterocycles. The summed E-state index contributed by atoms with van der Waals surface area (Å²) in [6, 6.07) is 5.90. The Balaban J connectivity index is 0.00000176. The molecule has 0 aliphatic carbocycles. The summed E-state index contributed by atoms with van der Waals surface area (Å²) in [6.07, 6.45) is -0.115. The highest BCUT2D eigenvalue weighted by Crippen LogP contribution is 2.27. The van der Waals surface area contributed by atoms with Crippen molar-refractivity contribution in [3.8, 4) is 6.07 Å². The molecule has 1 N–H and O–H groups in total. The fourth-order valence-electron chi connectivity index (χ4n) is 2.74. The Morgan fingerprint density at radius 2 is 2.18 bits per heavy atom. The number of halogens is 2. The van der Waals surface area contributed by atoms with E-state index >= 15 is 0 Å². The van der Waals surface area contributed by atoms with Gasteiger partial charge in [0.15, 0.2) is 0 Å². The molecule has 0 radical (unpaired) electrons. The number of rotatable bonds is 2. The molecule has 0 saturated carbocycles. The molecule has 0 amide bonds. The topological polar surface area (TPSA) is 82.4 Å². The molecular formula is C13H15Cl2N3O3S. The highest BCUT2D eigenvalue weighted by atomic mass is 35.5. The number of hydrogen-bond donors (Lipinski definition) is 1. The molecular weight excluding hydrogens is 349 g/mol. The zero-order valence-corrected chi connectivity index (χ0v) is 13.9. The molecule has 0 bridgehead atoms. The summed E-state index contributed by atoms with van der Waals surface area (Å²) < 4.78 is 32.6. The van der Waals surface area contributed by atoms with E-state index in [9.17, 15) is 8.42 Å². The first-order chi connectivity index (χ1) is 10.0. The van der Waals surface area contributed by atoms with Crippen molar-refractivity contribution in [2.75, 3.05) is 26.2 Å². The van der Waals surface area contributed by atoms with Gasteiger partial charge in [-0.25, -0.2) is 8.42 Å². The summed E-state index contributed by atoms with van der Waals surface area (Å²) in [5, 5.41) is 12.4. The molecule has 22 heavy (non-hydrogen) atoms. The number of hydrogen-bond acceptors (Lipinski definition) is 5. The van der Waals surface area contributed by atoms with Gasteiger partial charge in [0.25, 0.3) is 0 Å². The smallest absolute Gasteiger partial charge is 0.243 e. The molecule has 6 nitrogen and oxygen atoms in total. The largest absolute Gasteiger partial charge is 0.374 e. The van der Waals surface area contributed by atoms with E-state index in [1.165, 1.54) is 22.5 Å². The molecule has 2 atom stereocenters. The standard InChI is InChI=1S/C13H14ClN3O3S.ClH/c14-11-2-1-10(5-9(11)6-15)21(18,19)17-3-4-20-13-8-16-7-12(13)17;/h1-2,5,12-13,16H,3-4,7-8H2;1H/t12-,13+;/m1./s1. The Hall–Kier alpha value is -0.880. The van der Waals surface area contributed by atoms with E-state index in [-0.39, 0.29) is 40.0 Å². The van der Waals surface area contributed by atoms with Gasteiger partial charge in [-0.15, -0.1) is 12.4 Å². The molecule has 0 spiro atoms. The van der Waals surface area contributed by atoms with Gasteiger partial charge in [-0.2, -0.15) is 9.57 Å². The van der Waals surface area contributed by atoms with Crippen molar-refractivity contribution in [1.82, 2.24) is 9.62 Å². The highest BCUT2D eigenvalue weighted by molar-refractivity contribution is 7.89. The van der Waals surface area contributed by atoms with Crippen molar-refractivity contribution >= 4 is 34.0 Å². The van der Waals surface area contributed by atoms with Gasteiger partial charge in [-0.05, 0) is 18.2 Å². The molecule has 1 aromatic rings. The van der Waals surface area contributed by atoms with E-state index in [1.807, 2.05) is 6.07 Å². The van der Waals surface area contributed by atoms with Crippen LogP contribution in [0, 0.1) is 11.3 Å². The molecule has 2 saturated heterocycles. The van der Waals surface area contributed by atoms with Gasteiger partial charge in [0.2, 0.25) is 10.0 Å². The fraction of sp³-hybridized carbons (Fsp3) is 0.462. The molecule has 1 aromatic carbocycles. The first kappa shape index (κ1) is 17.5. The van der Waals surface area contributed by atoms with Crippen molar-refractivity contribution < 1.29 is 13.2 Å². The zero-order chi connectivity index (χ0) is 15.0. The first-order valence-electron chi connectivity index (χ1n) is 6.58. The van der Waals surface area contributed by atoms with Crippen molar-refractivity contribution in [2.45, 2.75) is 17.0 Å². The summed E-state index contributed by atoms with van der Waals surface area (Å²) in [5.41, 5.74) is 0.159. The maximum absolute atomic E-state index is 12.8. The minimum atomic E-state index is -3.66. The van der Waals surface area contributed by atoms with E-state index in [1.54, 1.807) is 0 Å². The van der Waals surface area contributed by atoms with Crippen LogP contribution in [-0.2, 0) is 14.8 Å². The number of benzene rings is 1. The predicted molar refractivity (Wildman–Crippen MR) is 83.7 cm³/mol. The van der Waals surface area contributed by atoms with Crippen molar-refractivity contribution in [3.05, 3.63) is 28.8 Å². The monoisotopic (exact) mass is 363 g/mol. The third-order valence-electron chi connectivity index (χ3n) is 3.81. The van der Waals surface area contributed by atoms with E-state index in [2.05, 4.69) is 5.32 Å². The zero-order valence-electron chi connectivity index (χ0n) is 11.5. The Morgan fingerprint density at radius 3 is 2.91 bits per heavy atom. The second-order valence-corrected chi connectivity index (χ2v) is 7.30. The van der Waals surface area contributed by atoms with Crippen molar-refractivity contribution in [1.29, 1.82) is 5.26 Å². The van der Waals surface area contributed by atoms with Crippen LogP contribution in [0.25, 0.3) is 0 Å². The van der Waals surface area contributed by atoms with E-state index < -0.39 is 10.0 Å². The summed E-state index contributed by atoms with van der Waals surface area (Å²) >= 11 is 5.86. The van der Waals surface area contributed by atoms with Gasteiger partial charge in [-0.3, -0.25) is 0 Å². The molecule has 9 heteroatoms.